The van der Waals surface area contributed by atoms with Crippen molar-refractivity contribution in [2.45, 2.75) is 109 Å². The first-order chi connectivity index (χ1) is 16.2. The molecule has 0 fully saturated rings. The van der Waals surface area contributed by atoms with Crippen molar-refractivity contribution in [3.8, 4) is 0 Å². The third kappa shape index (κ3) is 9.36. The van der Waals surface area contributed by atoms with Crippen LogP contribution in [0.5, 0.6) is 0 Å². The van der Waals surface area contributed by atoms with Crippen LogP contribution in [-0.4, -0.2) is 14.2 Å². The van der Waals surface area contributed by atoms with Crippen LogP contribution >= 0.6 is 0 Å². The van der Waals surface area contributed by atoms with E-state index in [1.54, 1.807) is 19.1 Å². The Morgan fingerprint density at radius 2 is 1.35 bits per heavy atom. The second kappa shape index (κ2) is 14.4. The summed E-state index contributed by atoms with van der Waals surface area (Å²) in [6, 6.07) is 6.65. The van der Waals surface area contributed by atoms with Gasteiger partial charge < -0.3 is 5.21 Å². The van der Waals surface area contributed by atoms with E-state index < -0.39 is 9.84 Å². The van der Waals surface area contributed by atoms with Crippen LogP contribution in [0.4, 0.5) is 4.39 Å². The molecule has 1 aromatic carbocycles. The van der Waals surface area contributed by atoms with E-state index in [1.807, 2.05) is 13.0 Å². The molecule has 1 heterocycles. The summed E-state index contributed by atoms with van der Waals surface area (Å²) in [6.45, 7) is 5.74. The van der Waals surface area contributed by atoms with Crippen LogP contribution < -0.4 is 4.73 Å². The largest absolute Gasteiger partial charge is 0.618 e. The number of unbranched alkanes of at least 4 members (excludes halogenated alkanes) is 10. The molecule has 190 valence electrons. The number of hydrogen-bond donors (Lipinski definition) is 0. The van der Waals surface area contributed by atoms with Gasteiger partial charge in [0.15, 0.2) is 6.20 Å². The lowest BCUT2D eigenvalue weighted by Crippen LogP contribution is -2.35. The van der Waals surface area contributed by atoms with Gasteiger partial charge in [0, 0.05) is 11.6 Å². The smallest absolute Gasteiger partial charge is 0.308 e. The predicted octanol–water partition coefficient (Wildman–Crippen LogP) is 6.95. The number of aryl methyl sites for hydroxylation is 4. The maximum Gasteiger partial charge on any atom is 0.308 e. The highest BCUT2D eigenvalue weighted by atomic mass is 32.2. The highest BCUT2D eigenvalue weighted by molar-refractivity contribution is 7.91. The van der Waals surface area contributed by atoms with Crippen molar-refractivity contribution in [2.75, 3.05) is 5.75 Å². The van der Waals surface area contributed by atoms with Gasteiger partial charge in [-0.1, -0.05) is 70.8 Å². The summed E-state index contributed by atoms with van der Waals surface area (Å²) in [5.41, 5.74) is 4.04. The molecule has 2 rings (SSSR count). The molecule has 0 radical (unpaired) electrons. The van der Waals surface area contributed by atoms with Gasteiger partial charge in [0.2, 0.25) is 9.84 Å². The Balaban J connectivity index is 1.49. The number of pyridine rings is 1. The van der Waals surface area contributed by atoms with Gasteiger partial charge in [-0.25, -0.2) is 12.8 Å². The van der Waals surface area contributed by atoms with E-state index in [1.165, 1.54) is 56.4 Å². The molecule has 6 heteroatoms. The zero-order chi connectivity index (χ0) is 25.0. The molecule has 0 bridgehead atoms. The number of sulfone groups is 1. The van der Waals surface area contributed by atoms with Crippen LogP contribution in [-0.2, 0) is 22.7 Å². The molecule has 0 aliphatic heterocycles. The summed E-state index contributed by atoms with van der Waals surface area (Å²) in [4.78, 5) is 0. The molecule has 0 atom stereocenters. The number of hydrogen-bond acceptors (Lipinski definition) is 3. The summed E-state index contributed by atoms with van der Waals surface area (Å²) < 4.78 is 38.9. The molecule has 0 amide bonds. The lowest BCUT2D eigenvalue weighted by molar-refractivity contribution is -0.647. The van der Waals surface area contributed by atoms with E-state index in [2.05, 4.69) is 6.92 Å². The summed E-state index contributed by atoms with van der Waals surface area (Å²) in [7, 11) is -3.53. The summed E-state index contributed by atoms with van der Waals surface area (Å²) in [5, 5.41) is 11.9. The molecule has 0 unspecified atom stereocenters. The third-order valence-corrected chi connectivity index (χ3v) is 8.48. The topological polar surface area (TPSA) is 61.1 Å². The van der Waals surface area contributed by atoms with Gasteiger partial charge >= 0.3 is 5.03 Å². The van der Waals surface area contributed by atoms with Crippen LogP contribution in [0.15, 0.2) is 35.5 Å². The molecule has 0 N–H and O–H groups in total. The SMILES string of the molecule is CCc1ccc(F)cc1CCCCCCCCCCCCCS(=O)(=O)c1cc(C)c(C)c[n+]1[O-]. The quantitative estimate of drug-likeness (QED) is 0.145. The second-order valence-corrected chi connectivity index (χ2v) is 11.6. The van der Waals surface area contributed by atoms with Crippen molar-refractivity contribution < 1.29 is 17.5 Å². The Hall–Kier alpha value is -1.95. The molecular formula is C28H42FNO3S. The van der Waals surface area contributed by atoms with Gasteiger partial charge in [-0.3, -0.25) is 0 Å². The Kier molecular flexibility index (Phi) is 12.0. The Bertz CT molecular complexity index is 1000. The van der Waals surface area contributed by atoms with E-state index in [-0.39, 0.29) is 16.6 Å². The number of halogens is 1. The van der Waals surface area contributed by atoms with E-state index in [0.29, 0.717) is 11.2 Å². The van der Waals surface area contributed by atoms with E-state index in [0.717, 1.165) is 55.2 Å². The molecule has 0 saturated heterocycles. The first kappa shape index (κ1) is 28.3. The lowest BCUT2D eigenvalue weighted by Gasteiger charge is -2.08. The van der Waals surface area contributed by atoms with Crippen molar-refractivity contribution >= 4 is 9.84 Å². The fraction of sp³-hybridized carbons (Fsp3) is 0.607. The van der Waals surface area contributed by atoms with Gasteiger partial charge in [0.25, 0.3) is 0 Å². The fourth-order valence-electron chi connectivity index (χ4n) is 4.41. The lowest BCUT2D eigenvalue weighted by atomic mass is 9.98. The molecule has 4 nitrogen and oxygen atoms in total. The average molecular weight is 492 g/mol. The maximum atomic E-state index is 13.5. The number of benzene rings is 1. The normalized spacial score (nSPS) is 11.8. The minimum absolute atomic E-state index is 0.0348. The average Bonchev–Trinajstić information content (AvgIpc) is 2.79. The van der Waals surface area contributed by atoms with Crippen molar-refractivity contribution in [3.63, 3.8) is 0 Å². The first-order valence-electron chi connectivity index (χ1n) is 12.9. The van der Waals surface area contributed by atoms with Crippen molar-refractivity contribution in [3.05, 3.63) is 63.7 Å². The van der Waals surface area contributed by atoms with Gasteiger partial charge in [-0.05, 0) is 68.4 Å². The third-order valence-electron chi connectivity index (χ3n) is 6.72. The molecule has 34 heavy (non-hydrogen) atoms. The van der Waals surface area contributed by atoms with Crippen LogP contribution in [0.25, 0.3) is 0 Å². The summed E-state index contributed by atoms with van der Waals surface area (Å²) >= 11 is 0. The van der Waals surface area contributed by atoms with Crippen molar-refractivity contribution in [2.24, 2.45) is 0 Å². The van der Waals surface area contributed by atoms with Crippen molar-refractivity contribution in [1.29, 1.82) is 0 Å². The fourth-order valence-corrected chi connectivity index (χ4v) is 5.88. The first-order valence-corrected chi connectivity index (χ1v) is 14.6. The summed E-state index contributed by atoms with van der Waals surface area (Å²) in [5.74, 6) is -0.0987. The van der Waals surface area contributed by atoms with Crippen molar-refractivity contribution in [1.82, 2.24) is 0 Å². The molecular weight excluding hydrogens is 449 g/mol. The minimum Gasteiger partial charge on any atom is -0.618 e. The molecule has 2 aromatic rings. The Morgan fingerprint density at radius 3 is 1.94 bits per heavy atom. The van der Waals surface area contributed by atoms with E-state index >= 15 is 0 Å². The van der Waals surface area contributed by atoms with E-state index in [9.17, 15) is 18.0 Å². The van der Waals surface area contributed by atoms with Crippen LogP contribution in [0.1, 0.15) is 99.8 Å². The van der Waals surface area contributed by atoms with Crippen LogP contribution in [0, 0.1) is 24.9 Å². The van der Waals surface area contributed by atoms with Gasteiger partial charge in [0.05, 0.1) is 5.75 Å². The highest BCUT2D eigenvalue weighted by Gasteiger charge is 2.24. The van der Waals surface area contributed by atoms with E-state index in [4.69, 9.17) is 0 Å². The number of aromatic nitrogens is 1. The molecule has 1 aromatic heterocycles. The van der Waals surface area contributed by atoms with Gasteiger partial charge in [-0.15, -0.1) is 0 Å². The second-order valence-electron chi connectivity index (χ2n) is 9.53. The highest BCUT2D eigenvalue weighted by Crippen LogP contribution is 2.18. The molecule has 0 aliphatic carbocycles. The molecule has 0 aliphatic rings. The maximum absolute atomic E-state index is 13.5. The summed E-state index contributed by atoms with van der Waals surface area (Å²) in [6.07, 6.45) is 15.3. The number of rotatable bonds is 16. The Labute approximate surface area is 206 Å². The monoisotopic (exact) mass is 491 g/mol. The molecule has 0 spiro atoms. The van der Waals surface area contributed by atoms with Crippen LogP contribution in [0.2, 0.25) is 0 Å². The predicted molar refractivity (Wildman–Crippen MR) is 137 cm³/mol. The number of nitrogens with zero attached hydrogens (tertiary/aromatic N) is 1. The van der Waals surface area contributed by atoms with Crippen LogP contribution in [0.3, 0.4) is 0 Å². The molecule has 0 saturated carbocycles. The van der Waals surface area contributed by atoms with Gasteiger partial charge in [0.1, 0.15) is 5.82 Å². The minimum atomic E-state index is -3.53. The Morgan fingerprint density at radius 1 is 0.794 bits per heavy atom. The standard InChI is InChI=1S/C28H42FNO3S/c1-4-25-17-18-27(29)21-26(25)16-14-12-10-8-6-5-7-9-11-13-15-19-34(32,33)28-20-23(2)24(3)22-30(28)31/h17-18,20-22H,4-16,19H2,1-3H3. The zero-order valence-corrected chi connectivity index (χ0v) is 22.1. The van der Waals surface area contributed by atoms with Gasteiger partial charge in [-0.2, -0.15) is 4.73 Å². The zero-order valence-electron chi connectivity index (χ0n) is 21.2.